The van der Waals surface area contributed by atoms with Crippen LogP contribution in [0.3, 0.4) is 0 Å². The fourth-order valence-corrected chi connectivity index (χ4v) is 3.16. The van der Waals surface area contributed by atoms with Crippen molar-refractivity contribution in [2.24, 2.45) is 0 Å². The zero-order valence-electron chi connectivity index (χ0n) is 15.7. The van der Waals surface area contributed by atoms with E-state index in [2.05, 4.69) is 12.2 Å². The molecule has 6 heteroatoms. The lowest BCUT2D eigenvalue weighted by atomic mass is 10.1. The minimum absolute atomic E-state index is 0.246. The van der Waals surface area contributed by atoms with Gasteiger partial charge in [0.1, 0.15) is 5.75 Å². The van der Waals surface area contributed by atoms with Gasteiger partial charge in [-0.1, -0.05) is 61.5 Å². The van der Waals surface area contributed by atoms with E-state index in [-0.39, 0.29) is 5.91 Å². The van der Waals surface area contributed by atoms with Crippen LogP contribution in [0, 0.1) is 0 Å². The molecule has 4 nitrogen and oxygen atoms in total. The van der Waals surface area contributed by atoms with Crippen molar-refractivity contribution < 1.29 is 14.3 Å². The minimum atomic E-state index is -0.246. The molecule has 146 valence electrons. The van der Waals surface area contributed by atoms with Crippen molar-refractivity contribution in [1.29, 1.82) is 0 Å². The average Bonchev–Trinajstić information content (AvgIpc) is 2.68. The number of carbonyl (C=O) groups excluding carboxylic acids is 1. The number of unbranched alkanes of at least 4 members (excludes halogenated alkanes) is 3. The molecule has 0 aliphatic heterocycles. The first-order chi connectivity index (χ1) is 13.0. The van der Waals surface area contributed by atoms with E-state index >= 15 is 0 Å². The van der Waals surface area contributed by atoms with Crippen LogP contribution in [-0.2, 0) is 6.54 Å². The third-order valence-electron chi connectivity index (χ3n) is 4.12. The van der Waals surface area contributed by atoms with E-state index in [1.165, 1.54) is 12.8 Å². The number of carbonyl (C=O) groups is 1. The Kier molecular flexibility index (Phi) is 8.76. The summed E-state index contributed by atoms with van der Waals surface area (Å²) >= 11 is 12.5. The lowest BCUT2D eigenvalue weighted by Gasteiger charge is -2.12. The highest BCUT2D eigenvalue weighted by molar-refractivity contribution is 6.37. The monoisotopic (exact) mass is 409 g/mol. The predicted molar refractivity (Wildman–Crippen MR) is 110 cm³/mol. The Hall–Kier alpha value is -1.91. The Balaban J connectivity index is 1.93. The van der Waals surface area contributed by atoms with Gasteiger partial charge < -0.3 is 14.8 Å². The summed E-state index contributed by atoms with van der Waals surface area (Å²) in [5.74, 6) is 0.958. The molecule has 0 aliphatic rings. The fraction of sp³-hybridized carbons (Fsp3) is 0.381. The van der Waals surface area contributed by atoms with E-state index < -0.39 is 0 Å². The largest absolute Gasteiger partial charge is 0.497 e. The quantitative estimate of drug-likeness (QED) is 0.497. The summed E-state index contributed by atoms with van der Waals surface area (Å²) in [6.07, 6.45) is 4.40. The lowest BCUT2D eigenvalue weighted by molar-refractivity contribution is 0.0951. The van der Waals surface area contributed by atoms with Gasteiger partial charge in [0, 0.05) is 12.1 Å². The molecule has 1 amide bonds. The first kappa shape index (κ1) is 21.4. The topological polar surface area (TPSA) is 47.6 Å². The maximum atomic E-state index is 12.4. The third-order valence-corrected chi connectivity index (χ3v) is 4.68. The van der Waals surface area contributed by atoms with E-state index in [0.717, 1.165) is 24.2 Å². The fourth-order valence-electron chi connectivity index (χ4n) is 2.56. The third kappa shape index (κ3) is 6.64. The van der Waals surface area contributed by atoms with Gasteiger partial charge in [-0.05, 0) is 36.2 Å². The van der Waals surface area contributed by atoms with Gasteiger partial charge in [0.25, 0.3) is 5.91 Å². The van der Waals surface area contributed by atoms with E-state index in [4.69, 9.17) is 32.7 Å². The molecule has 1 N–H and O–H groups in total. The Morgan fingerprint density at radius 2 is 1.70 bits per heavy atom. The average molecular weight is 410 g/mol. The van der Waals surface area contributed by atoms with Crippen molar-refractivity contribution in [2.45, 2.75) is 39.2 Å². The second-order valence-corrected chi connectivity index (χ2v) is 7.02. The molecule has 2 rings (SSSR count). The summed E-state index contributed by atoms with van der Waals surface area (Å²) in [6.45, 7) is 3.11. The Labute approximate surface area is 170 Å². The van der Waals surface area contributed by atoms with Gasteiger partial charge in [0.2, 0.25) is 0 Å². The normalized spacial score (nSPS) is 10.5. The SMILES string of the molecule is CCCCCCOc1c(Cl)cc(C(=O)NCc2ccc(OC)cc2)cc1Cl. The summed E-state index contributed by atoms with van der Waals surface area (Å²) in [5.41, 5.74) is 1.37. The molecule has 2 aromatic carbocycles. The second kappa shape index (κ2) is 11.1. The number of amides is 1. The molecule has 0 atom stereocenters. The summed E-state index contributed by atoms with van der Waals surface area (Å²) in [7, 11) is 1.61. The van der Waals surface area contributed by atoms with Crippen molar-refractivity contribution in [3.63, 3.8) is 0 Å². The van der Waals surface area contributed by atoms with Crippen LogP contribution in [0.15, 0.2) is 36.4 Å². The van der Waals surface area contributed by atoms with Crippen LogP contribution < -0.4 is 14.8 Å². The first-order valence-corrected chi connectivity index (χ1v) is 9.83. The van der Waals surface area contributed by atoms with Crippen molar-refractivity contribution in [3.05, 3.63) is 57.6 Å². The highest BCUT2D eigenvalue weighted by atomic mass is 35.5. The van der Waals surface area contributed by atoms with Crippen LogP contribution in [-0.4, -0.2) is 19.6 Å². The van der Waals surface area contributed by atoms with Crippen LogP contribution in [0.2, 0.25) is 10.0 Å². The number of hydrogen-bond acceptors (Lipinski definition) is 3. The predicted octanol–water partition coefficient (Wildman–Crippen LogP) is 5.89. The molecule has 0 unspecified atom stereocenters. The van der Waals surface area contributed by atoms with Gasteiger partial charge in [0.05, 0.1) is 23.8 Å². The molecule has 0 radical (unpaired) electrons. The summed E-state index contributed by atoms with van der Waals surface area (Å²) in [4.78, 5) is 12.4. The van der Waals surface area contributed by atoms with E-state index in [1.54, 1.807) is 19.2 Å². The summed E-state index contributed by atoms with van der Waals surface area (Å²) in [5, 5.41) is 3.54. The molecule has 0 saturated carbocycles. The highest BCUT2D eigenvalue weighted by Crippen LogP contribution is 2.34. The van der Waals surface area contributed by atoms with Gasteiger partial charge >= 0.3 is 0 Å². The number of halogens is 2. The summed E-state index contributed by atoms with van der Waals surface area (Å²) in [6, 6.07) is 10.7. The molecule has 2 aromatic rings. The van der Waals surface area contributed by atoms with Crippen molar-refractivity contribution in [1.82, 2.24) is 5.32 Å². The van der Waals surface area contributed by atoms with Gasteiger partial charge in [-0.3, -0.25) is 4.79 Å². The van der Waals surface area contributed by atoms with E-state index in [0.29, 0.717) is 34.5 Å². The molecule has 0 bridgehead atoms. The molecule has 0 aromatic heterocycles. The van der Waals surface area contributed by atoms with Gasteiger partial charge in [0.15, 0.2) is 5.75 Å². The van der Waals surface area contributed by atoms with E-state index in [1.807, 2.05) is 24.3 Å². The smallest absolute Gasteiger partial charge is 0.251 e. The molecule has 0 aliphatic carbocycles. The molecular formula is C21H25Cl2NO3. The van der Waals surface area contributed by atoms with Crippen molar-refractivity contribution in [2.75, 3.05) is 13.7 Å². The number of benzene rings is 2. The van der Waals surface area contributed by atoms with Crippen LogP contribution in [0.5, 0.6) is 11.5 Å². The number of hydrogen-bond donors (Lipinski definition) is 1. The van der Waals surface area contributed by atoms with E-state index in [9.17, 15) is 4.79 Å². The number of rotatable bonds is 10. The molecule has 0 spiro atoms. The maximum Gasteiger partial charge on any atom is 0.251 e. The zero-order valence-corrected chi connectivity index (χ0v) is 17.2. The first-order valence-electron chi connectivity index (χ1n) is 9.08. The van der Waals surface area contributed by atoms with Gasteiger partial charge in [-0.2, -0.15) is 0 Å². The minimum Gasteiger partial charge on any atom is -0.497 e. The summed E-state index contributed by atoms with van der Waals surface area (Å²) < 4.78 is 10.8. The van der Waals surface area contributed by atoms with Gasteiger partial charge in [-0.25, -0.2) is 0 Å². The van der Waals surface area contributed by atoms with Gasteiger partial charge in [-0.15, -0.1) is 0 Å². The van der Waals surface area contributed by atoms with Crippen molar-refractivity contribution >= 4 is 29.1 Å². The molecule has 0 saturated heterocycles. The molecule has 27 heavy (non-hydrogen) atoms. The maximum absolute atomic E-state index is 12.4. The lowest BCUT2D eigenvalue weighted by Crippen LogP contribution is -2.22. The number of nitrogens with one attached hydrogen (secondary N) is 1. The molecule has 0 heterocycles. The highest BCUT2D eigenvalue weighted by Gasteiger charge is 2.14. The van der Waals surface area contributed by atoms with Crippen LogP contribution in [0.25, 0.3) is 0 Å². The number of ether oxygens (including phenoxy) is 2. The van der Waals surface area contributed by atoms with Crippen LogP contribution in [0.1, 0.15) is 48.5 Å². The van der Waals surface area contributed by atoms with Crippen LogP contribution in [0.4, 0.5) is 0 Å². The second-order valence-electron chi connectivity index (χ2n) is 6.21. The Morgan fingerprint density at radius 1 is 1.04 bits per heavy atom. The zero-order chi connectivity index (χ0) is 19.6. The standard InChI is InChI=1S/C21H25Cl2NO3/c1-3-4-5-6-11-27-20-18(22)12-16(13-19(20)23)21(25)24-14-15-7-9-17(26-2)10-8-15/h7-10,12-13H,3-6,11,14H2,1-2H3,(H,24,25). The molecular weight excluding hydrogens is 385 g/mol. The Morgan fingerprint density at radius 3 is 2.30 bits per heavy atom. The van der Waals surface area contributed by atoms with Crippen molar-refractivity contribution in [3.8, 4) is 11.5 Å². The number of methoxy groups -OCH3 is 1. The molecule has 0 fully saturated rings. The Bertz CT molecular complexity index is 725. The van der Waals surface area contributed by atoms with Crippen LogP contribution >= 0.6 is 23.2 Å².